The van der Waals surface area contributed by atoms with Crippen molar-refractivity contribution >= 4 is 11.6 Å². The molecule has 0 amide bonds. The summed E-state index contributed by atoms with van der Waals surface area (Å²) in [7, 11) is 1.76. The lowest BCUT2D eigenvalue weighted by Gasteiger charge is -2.12. The largest absolute Gasteiger partial charge is 0.416 e. The highest BCUT2D eigenvalue weighted by atomic mass is 19.4. The van der Waals surface area contributed by atoms with E-state index in [4.69, 9.17) is 0 Å². The number of nitrogens with zero attached hydrogens (tertiary/aromatic N) is 2. The zero-order valence-electron chi connectivity index (χ0n) is 9.92. The molecular formula is C12H12F3N3. The summed E-state index contributed by atoms with van der Waals surface area (Å²) >= 11 is 0. The van der Waals surface area contributed by atoms with Crippen LogP contribution in [0.15, 0.2) is 30.6 Å². The van der Waals surface area contributed by atoms with E-state index in [1.54, 1.807) is 30.9 Å². The molecule has 0 aliphatic carbocycles. The van der Waals surface area contributed by atoms with E-state index in [1.807, 2.05) is 0 Å². The van der Waals surface area contributed by atoms with Crippen LogP contribution in [0, 0.1) is 6.92 Å². The van der Waals surface area contributed by atoms with E-state index in [0.717, 1.165) is 17.7 Å². The van der Waals surface area contributed by atoms with E-state index in [-0.39, 0.29) is 0 Å². The van der Waals surface area contributed by atoms with E-state index in [2.05, 4.69) is 10.3 Å². The zero-order valence-corrected chi connectivity index (χ0v) is 9.92. The van der Waals surface area contributed by atoms with Gasteiger partial charge in [0.15, 0.2) is 0 Å². The summed E-state index contributed by atoms with van der Waals surface area (Å²) in [6.07, 6.45) is -1.05. The Hall–Kier alpha value is -1.98. The molecule has 2 rings (SSSR count). The van der Waals surface area contributed by atoms with Gasteiger partial charge in [-0.1, -0.05) is 6.07 Å². The molecule has 96 valence electrons. The Balaban J connectivity index is 2.36. The summed E-state index contributed by atoms with van der Waals surface area (Å²) in [5.41, 5.74) is 0.454. The van der Waals surface area contributed by atoms with E-state index >= 15 is 0 Å². The zero-order chi connectivity index (χ0) is 13.3. The number of alkyl halides is 3. The van der Waals surface area contributed by atoms with Crippen LogP contribution in [0.5, 0.6) is 0 Å². The van der Waals surface area contributed by atoms with Gasteiger partial charge in [0.2, 0.25) is 5.95 Å². The second kappa shape index (κ2) is 4.36. The van der Waals surface area contributed by atoms with Crippen LogP contribution >= 0.6 is 0 Å². The minimum atomic E-state index is -4.34. The van der Waals surface area contributed by atoms with Crippen molar-refractivity contribution in [2.24, 2.45) is 7.05 Å². The lowest BCUT2D eigenvalue weighted by atomic mass is 10.1. The number of benzene rings is 1. The molecule has 0 unspecified atom stereocenters. The molecule has 0 saturated heterocycles. The van der Waals surface area contributed by atoms with Crippen LogP contribution in [0.3, 0.4) is 0 Å². The Labute approximate surface area is 102 Å². The average Bonchev–Trinajstić information content (AvgIpc) is 2.66. The fourth-order valence-electron chi connectivity index (χ4n) is 1.54. The number of imidazole rings is 1. The maximum atomic E-state index is 12.6. The van der Waals surface area contributed by atoms with Crippen molar-refractivity contribution in [1.82, 2.24) is 9.55 Å². The molecule has 1 aromatic heterocycles. The fourth-order valence-corrected chi connectivity index (χ4v) is 1.54. The first kappa shape index (κ1) is 12.5. The van der Waals surface area contributed by atoms with Gasteiger partial charge in [-0.05, 0) is 24.6 Å². The van der Waals surface area contributed by atoms with E-state index in [0.29, 0.717) is 11.6 Å². The minimum absolute atomic E-state index is 0.402. The van der Waals surface area contributed by atoms with Gasteiger partial charge in [0.1, 0.15) is 0 Å². The van der Waals surface area contributed by atoms with Crippen molar-refractivity contribution in [3.63, 3.8) is 0 Å². The SMILES string of the molecule is Cc1ccc(C(F)(F)F)cc1Nc1nccn1C. The van der Waals surface area contributed by atoms with Gasteiger partial charge in [-0.2, -0.15) is 13.2 Å². The predicted octanol–water partition coefficient (Wildman–Crippen LogP) is 3.49. The Bertz CT molecular complexity index is 558. The number of aryl methyl sites for hydroxylation is 2. The van der Waals surface area contributed by atoms with Crippen LogP contribution < -0.4 is 5.32 Å². The van der Waals surface area contributed by atoms with Crippen LogP contribution in [0.1, 0.15) is 11.1 Å². The summed E-state index contributed by atoms with van der Waals surface area (Å²) in [4.78, 5) is 4.01. The number of aromatic nitrogens is 2. The first-order chi connectivity index (χ1) is 8.38. The maximum absolute atomic E-state index is 12.6. The number of nitrogens with one attached hydrogen (secondary N) is 1. The van der Waals surface area contributed by atoms with Crippen molar-refractivity contribution < 1.29 is 13.2 Å². The average molecular weight is 255 g/mol. The van der Waals surface area contributed by atoms with Gasteiger partial charge in [-0.3, -0.25) is 0 Å². The van der Waals surface area contributed by atoms with E-state index < -0.39 is 11.7 Å². The molecule has 3 nitrogen and oxygen atoms in total. The van der Waals surface area contributed by atoms with Crippen molar-refractivity contribution in [3.05, 3.63) is 41.7 Å². The molecule has 0 atom stereocenters. The molecule has 1 N–H and O–H groups in total. The highest BCUT2D eigenvalue weighted by Gasteiger charge is 2.30. The van der Waals surface area contributed by atoms with Crippen molar-refractivity contribution in [2.75, 3.05) is 5.32 Å². The molecule has 0 radical (unpaired) electrons. The number of hydrogen-bond acceptors (Lipinski definition) is 2. The molecule has 0 saturated carbocycles. The van der Waals surface area contributed by atoms with Gasteiger partial charge in [0, 0.05) is 25.1 Å². The van der Waals surface area contributed by atoms with Gasteiger partial charge in [-0.15, -0.1) is 0 Å². The van der Waals surface area contributed by atoms with Gasteiger partial charge < -0.3 is 9.88 Å². The quantitative estimate of drug-likeness (QED) is 0.890. The first-order valence-electron chi connectivity index (χ1n) is 5.30. The first-order valence-corrected chi connectivity index (χ1v) is 5.30. The summed E-state index contributed by atoms with van der Waals surface area (Å²) in [6, 6.07) is 3.59. The molecule has 6 heteroatoms. The molecule has 0 aliphatic rings. The normalized spacial score (nSPS) is 11.6. The highest BCUT2D eigenvalue weighted by Crippen LogP contribution is 2.32. The minimum Gasteiger partial charge on any atom is -0.325 e. The highest BCUT2D eigenvalue weighted by molar-refractivity contribution is 5.60. The second-order valence-electron chi connectivity index (χ2n) is 4.01. The summed E-state index contributed by atoms with van der Waals surface area (Å²) < 4.78 is 39.5. The lowest BCUT2D eigenvalue weighted by Crippen LogP contribution is -2.07. The fraction of sp³-hybridized carbons (Fsp3) is 0.250. The molecule has 0 spiro atoms. The lowest BCUT2D eigenvalue weighted by molar-refractivity contribution is -0.137. The molecule has 0 fully saturated rings. The van der Waals surface area contributed by atoms with Crippen LogP contribution in [-0.2, 0) is 13.2 Å². The summed E-state index contributed by atoms with van der Waals surface area (Å²) in [5.74, 6) is 0.498. The van der Waals surface area contributed by atoms with Crippen molar-refractivity contribution in [2.45, 2.75) is 13.1 Å². The Morgan fingerprint density at radius 1 is 1.28 bits per heavy atom. The van der Waals surface area contributed by atoms with Crippen LogP contribution in [0.25, 0.3) is 0 Å². The van der Waals surface area contributed by atoms with Crippen LogP contribution in [-0.4, -0.2) is 9.55 Å². The predicted molar refractivity (Wildman–Crippen MR) is 62.7 cm³/mol. The molecular weight excluding hydrogens is 243 g/mol. The van der Waals surface area contributed by atoms with Gasteiger partial charge in [0.25, 0.3) is 0 Å². The molecule has 0 aliphatic heterocycles. The Kier molecular flexibility index (Phi) is 3.02. The summed E-state index contributed by atoms with van der Waals surface area (Å²) in [5, 5.41) is 2.88. The smallest absolute Gasteiger partial charge is 0.325 e. The van der Waals surface area contributed by atoms with Crippen LogP contribution in [0.4, 0.5) is 24.8 Å². The van der Waals surface area contributed by atoms with E-state index in [1.165, 1.54) is 6.07 Å². The third kappa shape index (κ3) is 2.47. The molecule has 2 aromatic rings. The van der Waals surface area contributed by atoms with Gasteiger partial charge in [0.05, 0.1) is 5.56 Å². The van der Waals surface area contributed by atoms with E-state index in [9.17, 15) is 13.2 Å². The second-order valence-corrected chi connectivity index (χ2v) is 4.01. The third-order valence-corrected chi connectivity index (χ3v) is 2.63. The monoisotopic (exact) mass is 255 g/mol. The molecule has 18 heavy (non-hydrogen) atoms. The maximum Gasteiger partial charge on any atom is 0.416 e. The third-order valence-electron chi connectivity index (χ3n) is 2.63. The molecule has 1 aromatic carbocycles. The molecule has 1 heterocycles. The topological polar surface area (TPSA) is 29.9 Å². The summed E-state index contributed by atoms with van der Waals surface area (Å²) in [6.45, 7) is 1.74. The molecule has 0 bridgehead atoms. The van der Waals surface area contributed by atoms with Crippen LogP contribution in [0.2, 0.25) is 0 Å². The Morgan fingerprint density at radius 2 is 2.00 bits per heavy atom. The number of rotatable bonds is 2. The van der Waals surface area contributed by atoms with Crippen molar-refractivity contribution in [3.8, 4) is 0 Å². The van der Waals surface area contributed by atoms with Gasteiger partial charge in [-0.25, -0.2) is 4.98 Å². The standard InChI is InChI=1S/C12H12F3N3/c1-8-3-4-9(12(13,14)15)7-10(8)17-11-16-5-6-18(11)2/h3-7H,1-2H3,(H,16,17). The Morgan fingerprint density at radius 3 is 2.56 bits per heavy atom. The van der Waals surface area contributed by atoms with Gasteiger partial charge >= 0.3 is 6.18 Å². The van der Waals surface area contributed by atoms with Crippen molar-refractivity contribution in [1.29, 1.82) is 0 Å². The number of hydrogen-bond donors (Lipinski definition) is 1. The number of halogens is 3. The number of anilines is 2.